The molecule has 0 atom stereocenters. The highest BCUT2D eigenvalue weighted by Gasteiger charge is 2.96. The second-order valence-corrected chi connectivity index (χ2v) is 7.97. The zero-order valence-corrected chi connectivity index (χ0v) is 18.9. The van der Waals surface area contributed by atoms with Gasteiger partial charge >= 0.3 is 77.5 Å². The molecule has 0 aliphatic rings. The van der Waals surface area contributed by atoms with Crippen LogP contribution in [0.3, 0.4) is 0 Å². The molecule has 0 spiro atoms. The van der Waals surface area contributed by atoms with Crippen LogP contribution >= 0.6 is 0 Å². The summed E-state index contributed by atoms with van der Waals surface area (Å²) in [5, 5.41) is 0. The minimum atomic E-state index is -9.39. The normalized spacial score (nSPS) is 16.6. The Morgan fingerprint density at radius 1 is 0.222 bits per heavy atom. The van der Waals surface area contributed by atoms with Crippen molar-refractivity contribution in [1.82, 2.24) is 0 Å². The lowest BCUT2D eigenvalue weighted by Crippen LogP contribution is -2.75. The van der Waals surface area contributed by atoms with Crippen molar-refractivity contribution in [3.8, 4) is 0 Å². The topological polar surface area (TPSA) is 34.1 Å². The van der Waals surface area contributed by atoms with Crippen molar-refractivity contribution in [1.29, 1.82) is 0 Å². The highest BCUT2D eigenvalue weighted by Crippen LogP contribution is 2.64. The summed E-state index contributed by atoms with van der Waals surface area (Å²) in [4.78, 5) is 21.9. The van der Waals surface area contributed by atoms with E-state index in [1.807, 2.05) is 0 Å². The molecule has 0 unspecified atom stereocenters. The summed E-state index contributed by atoms with van der Waals surface area (Å²) < 4.78 is 363. The largest absolute Gasteiger partial charge is 0.460 e. The highest BCUT2D eigenvalue weighted by atomic mass is 19.4. The van der Waals surface area contributed by atoms with Gasteiger partial charge in [-0.05, 0) is 0 Å². The second-order valence-electron chi connectivity index (χ2n) is 7.97. The summed E-state index contributed by atoms with van der Waals surface area (Å²) in [6, 6.07) is 0. The number of hydrogen-bond donors (Lipinski definition) is 0. The molecule has 0 bridgehead atoms. The number of carbonyl (C=O) groups excluding carboxylic acids is 2. The van der Waals surface area contributed by atoms with Crippen LogP contribution in [0.5, 0.6) is 0 Å². The number of rotatable bonds is 12. The fraction of sp³-hybridized carbons (Fsp3) is 0.867. The summed E-state index contributed by atoms with van der Waals surface area (Å²) in [5.74, 6) is -111. The van der Waals surface area contributed by atoms with Crippen molar-refractivity contribution >= 4 is 11.6 Å². The van der Waals surface area contributed by atoms with Gasteiger partial charge in [0, 0.05) is 0 Å². The first kappa shape index (κ1) is 42.4. The van der Waals surface area contributed by atoms with Crippen molar-refractivity contribution in [2.75, 3.05) is 0 Å². The van der Waals surface area contributed by atoms with Gasteiger partial charge in [-0.3, -0.25) is 9.59 Å². The standard InChI is InChI=1S/C15F28O2/c16-3(17,5(20,21)7(24,25)9(28,29)11(32,33)13(36,37)15(41,42)43)1(44)2(45)4(18,19)6(22,23)8(26,27)10(30,31)12(34,35)14(38,39)40. The number of hydrogen-bond acceptors (Lipinski definition) is 2. The average Bonchev–Trinajstić information content (AvgIpc) is 2.80. The summed E-state index contributed by atoms with van der Waals surface area (Å²) >= 11 is 0. The van der Waals surface area contributed by atoms with Crippen molar-refractivity contribution in [3.63, 3.8) is 0 Å². The van der Waals surface area contributed by atoms with E-state index < -0.39 is 89.1 Å². The molecule has 268 valence electrons. The molecule has 0 fully saturated rings. The van der Waals surface area contributed by atoms with E-state index in [-0.39, 0.29) is 0 Å². The van der Waals surface area contributed by atoms with E-state index in [0.29, 0.717) is 0 Å². The molecule has 0 saturated carbocycles. The Hall–Kier alpha value is -2.62. The Bertz CT molecular complexity index is 1150. The Balaban J connectivity index is 7.20. The molecule has 0 radical (unpaired) electrons. The first-order valence-electron chi connectivity index (χ1n) is 9.20. The molecular weight excluding hydrogens is 744 g/mol. The van der Waals surface area contributed by atoms with E-state index in [4.69, 9.17) is 0 Å². The van der Waals surface area contributed by atoms with Gasteiger partial charge in [-0.2, -0.15) is 123 Å². The third-order valence-electron chi connectivity index (χ3n) is 5.04. The van der Waals surface area contributed by atoms with Gasteiger partial charge in [0.1, 0.15) is 0 Å². The molecule has 0 aromatic heterocycles. The molecule has 30 heteroatoms. The molecule has 0 aliphatic carbocycles. The van der Waals surface area contributed by atoms with E-state index in [1.165, 1.54) is 0 Å². The zero-order valence-electron chi connectivity index (χ0n) is 18.9. The quantitative estimate of drug-likeness (QED) is 0.149. The van der Waals surface area contributed by atoms with E-state index >= 15 is 0 Å². The van der Waals surface area contributed by atoms with Gasteiger partial charge in [0.25, 0.3) is 11.6 Å². The van der Waals surface area contributed by atoms with Crippen molar-refractivity contribution in [3.05, 3.63) is 0 Å². The van der Waals surface area contributed by atoms with E-state index in [0.717, 1.165) is 0 Å². The van der Waals surface area contributed by atoms with Gasteiger partial charge in [0.05, 0.1) is 0 Å². The molecule has 0 aromatic rings. The number of ketones is 2. The number of alkyl halides is 28. The predicted octanol–water partition coefficient (Wildman–Crippen LogP) is 8.24. The van der Waals surface area contributed by atoms with Crippen molar-refractivity contribution in [2.45, 2.75) is 77.5 Å². The SMILES string of the molecule is O=C(C(=O)C(F)(F)C(F)(F)C(F)(F)C(F)(F)C(F)(F)C(F)(F)C(F)(F)F)C(F)(F)C(F)(F)C(F)(F)C(F)(F)C(F)(F)C(F)(F)F. The summed E-state index contributed by atoms with van der Waals surface area (Å²) in [6.07, 6.45) is -16.3. The van der Waals surface area contributed by atoms with Crippen LogP contribution in [0.4, 0.5) is 123 Å². The number of halogens is 28. The first-order chi connectivity index (χ1) is 18.8. The maximum Gasteiger partial charge on any atom is 0.460 e. The monoisotopic (exact) mass is 744 g/mol. The van der Waals surface area contributed by atoms with Gasteiger partial charge < -0.3 is 0 Å². The van der Waals surface area contributed by atoms with Crippen LogP contribution in [0, 0.1) is 0 Å². The molecule has 0 rings (SSSR count). The molecule has 0 aromatic carbocycles. The van der Waals surface area contributed by atoms with Crippen molar-refractivity contribution in [2.24, 2.45) is 0 Å². The van der Waals surface area contributed by atoms with Gasteiger partial charge in [-0.1, -0.05) is 0 Å². The molecule has 45 heavy (non-hydrogen) atoms. The summed E-state index contributed by atoms with van der Waals surface area (Å²) in [6.45, 7) is 0. The Kier molecular flexibility index (Phi) is 9.59. The van der Waals surface area contributed by atoms with Crippen LogP contribution in [0.1, 0.15) is 0 Å². The fourth-order valence-electron chi connectivity index (χ4n) is 2.31. The molecule has 0 heterocycles. The van der Waals surface area contributed by atoms with Gasteiger partial charge in [0.15, 0.2) is 0 Å². The molecule has 0 saturated heterocycles. The van der Waals surface area contributed by atoms with Gasteiger partial charge in [0.2, 0.25) is 0 Å². The smallest absolute Gasteiger partial charge is 0.283 e. The Morgan fingerprint density at radius 2 is 0.356 bits per heavy atom. The lowest BCUT2D eigenvalue weighted by Gasteiger charge is -2.41. The van der Waals surface area contributed by atoms with Gasteiger partial charge in [-0.25, -0.2) is 0 Å². The van der Waals surface area contributed by atoms with Crippen LogP contribution in [0.15, 0.2) is 0 Å². The molecule has 2 nitrogen and oxygen atoms in total. The third-order valence-corrected chi connectivity index (χ3v) is 5.04. The first-order valence-corrected chi connectivity index (χ1v) is 9.20. The second kappa shape index (κ2) is 10.2. The van der Waals surface area contributed by atoms with E-state index in [9.17, 15) is 133 Å². The Labute approximate surface area is 223 Å². The lowest BCUT2D eigenvalue weighted by atomic mass is 9.86. The maximum absolute atomic E-state index is 13.6. The fourth-order valence-corrected chi connectivity index (χ4v) is 2.31. The number of Topliss-reactive ketones (excluding diaryl/α,β-unsaturated/α-hetero) is 2. The zero-order chi connectivity index (χ0) is 37.7. The van der Waals surface area contributed by atoms with Gasteiger partial charge in [-0.15, -0.1) is 0 Å². The number of carbonyl (C=O) groups is 2. The van der Waals surface area contributed by atoms with Crippen molar-refractivity contribution < 1.29 is 133 Å². The van der Waals surface area contributed by atoms with Crippen LogP contribution in [-0.2, 0) is 9.59 Å². The molecule has 0 aliphatic heterocycles. The highest BCUT2D eigenvalue weighted by molar-refractivity contribution is 6.42. The van der Waals surface area contributed by atoms with Crippen LogP contribution in [0.25, 0.3) is 0 Å². The minimum absolute atomic E-state index is 5.99. The minimum Gasteiger partial charge on any atom is -0.283 e. The maximum atomic E-state index is 13.6. The van der Waals surface area contributed by atoms with Crippen LogP contribution in [0.2, 0.25) is 0 Å². The molecule has 0 amide bonds. The third kappa shape index (κ3) is 5.08. The van der Waals surface area contributed by atoms with E-state index in [2.05, 4.69) is 0 Å². The summed E-state index contributed by atoms with van der Waals surface area (Å²) in [7, 11) is 0. The van der Waals surface area contributed by atoms with Crippen LogP contribution in [-0.4, -0.2) is 89.1 Å². The van der Waals surface area contributed by atoms with E-state index in [1.54, 1.807) is 0 Å². The lowest BCUT2D eigenvalue weighted by molar-refractivity contribution is -0.449. The Morgan fingerprint density at radius 3 is 0.511 bits per heavy atom. The summed E-state index contributed by atoms with van der Waals surface area (Å²) in [5.41, 5.74) is 0. The van der Waals surface area contributed by atoms with Crippen LogP contribution < -0.4 is 0 Å². The predicted molar refractivity (Wildman–Crippen MR) is 76.5 cm³/mol. The molecular formula is C15F28O2. The average molecular weight is 744 g/mol. The molecule has 0 N–H and O–H groups in total.